The molecule has 0 spiro atoms. The van der Waals surface area contributed by atoms with E-state index in [1.165, 1.54) is 23.8 Å². The number of carbonyl (C=O) groups excluding carboxylic acids is 1. The van der Waals surface area contributed by atoms with Crippen LogP contribution in [-0.2, 0) is 14.4 Å². The first-order valence-corrected chi connectivity index (χ1v) is 14.9. The van der Waals surface area contributed by atoms with Crippen molar-refractivity contribution in [3.05, 3.63) is 46.7 Å². The zero-order valence-electron chi connectivity index (χ0n) is 24.5. The van der Waals surface area contributed by atoms with E-state index in [0.29, 0.717) is 30.6 Å². The van der Waals surface area contributed by atoms with E-state index in [1.807, 2.05) is 0 Å². The van der Waals surface area contributed by atoms with Crippen LogP contribution < -0.4 is 10.5 Å². The number of aliphatic hydroxyl groups is 2. The molecule has 4 aliphatic carbocycles. The second kappa shape index (κ2) is 11.6. The summed E-state index contributed by atoms with van der Waals surface area (Å²) in [5.74, 6) is 1.89. The molecule has 1 amide bonds. The van der Waals surface area contributed by atoms with Crippen LogP contribution in [0.2, 0.25) is 0 Å². The summed E-state index contributed by atoms with van der Waals surface area (Å²) in [5, 5.41) is 57.6. The number of oxime groups is 1. The number of hydrogen-bond acceptors (Lipinski definition) is 9. The van der Waals surface area contributed by atoms with E-state index in [-0.39, 0.29) is 22.1 Å². The zero-order chi connectivity index (χ0) is 31.2. The fraction of sp³-hybridized carbons (Fsp3) is 0.594. The number of aliphatic carboxylic acids is 1. The van der Waals surface area contributed by atoms with Gasteiger partial charge in [0.05, 0.1) is 11.4 Å². The smallest absolute Gasteiger partial charge is 0.329 e. The van der Waals surface area contributed by atoms with Gasteiger partial charge in [-0.3, -0.25) is 10.0 Å². The van der Waals surface area contributed by atoms with Crippen molar-refractivity contribution >= 4 is 23.3 Å². The Balaban J connectivity index is 1.20. The summed E-state index contributed by atoms with van der Waals surface area (Å²) < 4.78 is 0. The van der Waals surface area contributed by atoms with Crippen molar-refractivity contribution in [2.24, 2.45) is 33.7 Å². The average molecular weight is 595 g/mol. The molecule has 0 bridgehead atoms. The van der Waals surface area contributed by atoms with Gasteiger partial charge in [0.15, 0.2) is 12.6 Å². The number of anilines is 1. The van der Waals surface area contributed by atoms with Crippen molar-refractivity contribution in [3.63, 3.8) is 0 Å². The number of allylic oxidation sites excluding steroid dienone is 2. The van der Waals surface area contributed by atoms with Crippen LogP contribution in [0.5, 0.6) is 0 Å². The molecule has 4 aliphatic rings. The normalized spacial score (nSPS) is 35.3. The van der Waals surface area contributed by atoms with E-state index in [2.05, 4.69) is 36.3 Å². The zero-order valence-corrected chi connectivity index (χ0v) is 24.5. The Morgan fingerprint density at radius 3 is 2.65 bits per heavy atom. The van der Waals surface area contributed by atoms with Crippen LogP contribution in [0.1, 0.15) is 76.9 Å². The molecule has 1 aromatic carbocycles. The van der Waals surface area contributed by atoms with Gasteiger partial charge in [-0.25, -0.2) is 4.79 Å². The SMILES string of the molecule is C#C[C@]1(O)CC[C@@H]2[C@H]3CCC4=CC(=NOCC(=O)N[C@@H](C(=O)O)[C@H](O)c5cccc(N([O-])O)c5)CC[C@]4(C)[C@H]3CC[C@]21C. The predicted octanol–water partition coefficient (Wildman–Crippen LogP) is 3.68. The maximum Gasteiger partial charge on any atom is 0.329 e. The van der Waals surface area contributed by atoms with Gasteiger partial charge in [0.2, 0.25) is 0 Å². The summed E-state index contributed by atoms with van der Waals surface area (Å²) in [7, 11) is 0. The third-order valence-electron chi connectivity index (χ3n) is 11.1. The van der Waals surface area contributed by atoms with Crippen LogP contribution in [0.15, 0.2) is 41.1 Å². The van der Waals surface area contributed by atoms with Crippen LogP contribution >= 0.6 is 0 Å². The molecule has 11 heteroatoms. The second-order valence-electron chi connectivity index (χ2n) is 13.1. The lowest BCUT2D eigenvalue weighted by Gasteiger charge is -2.58. The molecule has 5 rings (SSSR count). The molecule has 3 saturated carbocycles. The minimum atomic E-state index is -1.72. The molecule has 8 atom stereocenters. The van der Waals surface area contributed by atoms with Gasteiger partial charge in [0.1, 0.15) is 11.7 Å². The molecule has 0 saturated heterocycles. The van der Waals surface area contributed by atoms with Crippen molar-refractivity contribution in [1.82, 2.24) is 5.32 Å². The van der Waals surface area contributed by atoms with E-state index in [4.69, 9.17) is 16.5 Å². The molecule has 11 nitrogen and oxygen atoms in total. The topological polar surface area (TPSA) is 175 Å². The highest BCUT2D eigenvalue weighted by molar-refractivity contribution is 5.96. The minimum absolute atomic E-state index is 0.0233. The van der Waals surface area contributed by atoms with Crippen LogP contribution in [-0.4, -0.2) is 56.4 Å². The van der Waals surface area contributed by atoms with Crippen molar-refractivity contribution in [2.75, 3.05) is 11.8 Å². The standard InChI is InChI=1S/C32H40N3O8/c1-4-32(40)15-12-25-23-9-8-20-17-21(10-13-30(20,2)24(23)11-14-31(25,32)3)34-43-18-26(36)33-27(29(38)39)28(37)19-6-5-7-22(16-19)35(41)42/h1,5-7,16-17,23-25,27-28,37,40-41H,8-15,18H2,2-3H3,(H,33,36)(H,38,39)/q-1/t23-,24-,25+,27+,28+,30-,31+,32-/m0/s1. The Hall–Kier alpha value is -3.43. The van der Waals surface area contributed by atoms with Gasteiger partial charge >= 0.3 is 5.97 Å². The summed E-state index contributed by atoms with van der Waals surface area (Å²) in [5.41, 5.74) is 0.634. The van der Waals surface area contributed by atoms with Crippen molar-refractivity contribution in [2.45, 2.75) is 83.0 Å². The minimum Gasteiger partial charge on any atom is -0.733 e. The van der Waals surface area contributed by atoms with Gasteiger partial charge in [-0.15, -0.1) is 6.42 Å². The van der Waals surface area contributed by atoms with Gasteiger partial charge in [-0.05, 0) is 98.3 Å². The molecule has 0 unspecified atom stereocenters. The summed E-state index contributed by atoms with van der Waals surface area (Å²) >= 11 is 0. The Kier molecular flexibility index (Phi) is 8.35. The molecular weight excluding hydrogens is 554 g/mol. The van der Waals surface area contributed by atoms with Crippen molar-refractivity contribution < 1.29 is 35.0 Å². The van der Waals surface area contributed by atoms with E-state index in [0.717, 1.165) is 50.3 Å². The Morgan fingerprint density at radius 1 is 1.21 bits per heavy atom. The van der Waals surface area contributed by atoms with Crippen molar-refractivity contribution in [1.29, 1.82) is 0 Å². The maximum absolute atomic E-state index is 12.5. The van der Waals surface area contributed by atoms with Crippen LogP contribution in [0.4, 0.5) is 5.69 Å². The molecule has 5 N–H and O–H groups in total. The highest BCUT2D eigenvalue weighted by Gasteiger charge is 2.63. The first-order valence-electron chi connectivity index (χ1n) is 14.9. The fourth-order valence-electron chi connectivity index (χ4n) is 8.58. The number of hydrogen-bond donors (Lipinski definition) is 5. The number of aliphatic hydroxyl groups excluding tert-OH is 1. The number of nitrogens with zero attached hydrogens (tertiary/aromatic N) is 2. The summed E-state index contributed by atoms with van der Waals surface area (Å²) in [6.07, 6.45) is 13.3. The van der Waals surface area contributed by atoms with E-state index < -0.39 is 41.5 Å². The van der Waals surface area contributed by atoms with Gasteiger partial charge < -0.3 is 35.9 Å². The number of carboxylic acid groups (broad SMARTS) is 1. The highest BCUT2D eigenvalue weighted by Crippen LogP contribution is 2.67. The molecule has 0 heterocycles. The van der Waals surface area contributed by atoms with Gasteiger partial charge in [0, 0.05) is 5.41 Å². The van der Waals surface area contributed by atoms with E-state index in [9.17, 15) is 30.1 Å². The third kappa shape index (κ3) is 5.42. The third-order valence-corrected chi connectivity index (χ3v) is 11.1. The number of nitrogens with one attached hydrogen (secondary N) is 1. The van der Waals surface area contributed by atoms with Crippen LogP contribution in [0.3, 0.4) is 0 Å². The van der Waals surface area contributed by atoms with Crippen LogP contribution in [0, 0.1) is 46.1 Å². The lowest BCUT2D eigenvalue weighted by Crippen LogP contribution is -2.54. The van der Waals surface area contributed by atoms with Gasteiger partial charge in [0.25, 0.3) is 5.91 Å². The molecule has 0 radical (unpaired) electrons. The van der Waals surface area contributed by atoms with Gasteiger partial charge in [-0.1, -0.05) is 42.6 Å². The number of benzene rings is 1. The summed E-state index contributed by atoms with van der Waals surface area (Å²) in [6, 6.07) is 3.41. The number of rotatable bonds is 8. The average Bonchev–Trinajstić information content (AvgIpc) is 3.26. The van der Waals surface area contributed by atoms with Crippen LogP contribution in [0.25, 0.3) is 0 Å². The quantitative estimate of drug-likeness (QED) is 0.222. The molecule has 43 heavy (non-hydrogen) atoms. The Bertz CT molecular complexity index is 1370. The Labute approximate surface area is 251 Å². The number of fused-ring (bicyclic) bond motifs is 5. The summed E-state index contributed by atoms with van der Waals surface area (Å²) in [6.45, 7) is 3.98. The monoisotopic (exact) mass is 594 g/mol. The first-order chi connectivity index (χ1) is 20.3. The molecule has 0 aromatic heterocycles. The lowest BCUT2D eigenvalue weighted by atomic mass is 9.46. The predicted molar refractivity (Wildman–Crippen MR) is 157 cm³/mol. The number of carbonyl (C=O) groups is 2. The molecular formula is C32H40N3O8-. The number of amides is 1. The first kappa shape index (κ1) is 31.0. The van der Waals surface area contributed by atoms with Crippen molar-refractivity contribution in [3.8, 4) is 12.3 Å². The lowest BCUT2D eigenvalue weighted by molar-refractivity contribution is -0.146. The van der Waals surface area contributed by atoms with E-state index in [1.54, 1.807) is 0 Å². The molecule has 3 fully saturated rings. The Morgan fingerprint density at radius 2 is 1.95 bits per heavy atom. The van der Waals surface area contributed by atoms with Gasteiger partial charge in [-0.2, -0.15) is 0 Å². The molecule has 0 aliphatic heterocycles. The largest absolute Gasteiger partial charge is 0.733 e. The molecule has 1 aromatic rings. The van der Waals surface area contributed by atoms with E-state index >= 15 is 0 Å². The highest BCUT2D eigenvalue weighted by atomic mass is 16.8. The molecule has 232 valence electrons. The maximum atomic E-state index is 12.5. The summed E-state index contributed by atoms with van der Waals surface area (Å²) in [4.78, 5) is 29.6. The number of carboxylic acids is 1. The fourth-order valence-corrected chi connectivity index (χ4v) is 8.58. The number of terminal acetylenes is 1. The second-order valence-corrected chi connectivity index (χ2v) is 13.1.